The van der Waals surface area contributed by atoms with Gasteiger partial charge in [0.2, 0.25) is 5.91 Å². The minimum Gasteiger partial charge on any atom is -0.478 e. The van der Waals surface area contributed by atoms with Gasteiger partial charge in [-0.15, -0.1) is 0 Å². The number of hydrogen-bond donors (Lipinski definition) is 2. The van der Waals surface area contributed by atoms with Gasteiger partial charge in [0.1, 0.15) is 5.82 Å². The Morgan fingerprint density at radius 3 is 2.78 bits per heavy atom. The highest BCUT2D eigenvalue weighted by Crippen LogP contribution is 2.17. The van der Waals surface area contributed by atoms with Gasteiger partial charge in [-0.25, -0.2) is 9.18 Å². The summed E-state index contributed by atoms with van der Waals surface area (Å²) in [6.07, 6.45) is 0.698. The zero-order valence-electron chi connectivity index (χ0n) is 9.90. The summed E-state index contributed by atoms with van der Waals surface area (Å²) in [6.45, 7) is 0.433. The van der Waals surface area contributed by atoms with E-state index in [9.17, 15) is 14.0 Å². The Labute approximate surface area is 104 Å². The zero-order valence-corrected chi connectivity index (χ0v) is 9.90. The highest BCUT2D eigenvalue weighted by atomic mass is 19.1. The molecule has 0 spiro atoms. The molecule has 0 aliphatic rings. The molecule has 0 radical (unpaired) electrons. The van der Waals surface area contributed by atoms with Crippen molar-refractivity contribution in [3.05, 3.63) is 29.6 Å². The SMILES string of the molecule is COCCCC(=O)Nc1cc(F)ccc1C(=O)O. The van der Waals surface area contributed by atoms with E-state index < -0.39 is 11.8 Å². The second-order valence-electron chi connectivity index (χ2n) is 3.64. The van der Waals surface area contributed by atoms with Crippen LogP contribution in [0.1, 0.15) is 23.2 Å². The quantitative estimate of drug-likeness (QED) is 0.761. The molecule has 0 saturated heterocycles. The summed E-state index contributed by atoms with van der Waals surface area (Å²) in [5, 5.41) is 11.3. The van der Waals surface area contributed by atoms with Crippen molar-refractivity contribution >= 4 is 17.6 Å². The largest absolute Gasteiger partial charge is 0.478 e. The fourth-order valence-electron chi connectivity index (χ4n) is 1.40. The second-order valence-corrected chi connectivity index (χ2v) is 3.64. The number of aromatic carboxylic acids is 1. The van der Waals surface area contributed by atoms with Crippen molar-refractivity contribution in [2.45, 2.75) is 12.8 Å². The molecule has 0 bridgehead atoms. The first kappa shape index (κ1) is 14.1. The minimum atomic E-state index is -1.22. The summed E-state index contributed by atoms with van der Waals surface area (Å²) in [5.74, 6) is -2.20. The van der Waals surface area contributed by atoms with Gasteiger partial charge < -0.3 is 15.2 Å². The number of methoxy groups -OCH3 is 1. The minimum absolute atomic E-state index is 0.0371. The van der Waals surface area contributed by atoms with Crippen molar-refractivity contribution < 1.29 is 23.8 Å². The van der Waals surface area contributed by atoms with Crippen molar-refractivity contribution in [2.24, 2.45) is 0 Å². The molecule has 0 fully saturated rings. The van der Waals surface area contributed by atoms with Crippen molar-refractivity contribution in [3.8, 4) is 0 Å². The molecule has 0 atom stereocenters. The Morgan fingerprint density at radius 1 is 1.44 bits per heavy atom. The van der Waals surface area contributed by atoms with Gasteiger partial charge in [0.25, 0.3) is 0 Å². The average molecular weight is 255 g/mol. The molecule has 98 valence electrons. The van der Waals surface area contributed by atoms with E-state index in [0.717, 1.165) is 18.2 Å². The van der Waals surface area contributed by atoms with Crippen LogP contribution in [0.15, 0.2) is 18.2 Å². The van der Waals surface area contributed by atoms with Crippen LogP contribution in [0, 0.1) is 5.82 Å². The molecule has 0 aromatic heterocycles. The van der Waals surface area contributed by atoms with Gasteiger partial charge in [-0.2, -0.15) is 0 Å². The Morgan fingerprint density at radius 2 is 2.17 bits per heavy atom. The summed E-state index contributed by atoms with van der Waals surface area (Å²) in [7, 11) is 1.52. The van der Waals surface area contributed by atoms with Crippen molar-refractivity contribution in [3.63, 3.8) is 0 Å². The lowest BCUT2D eigenvalue weighted by atomic mass is 10.1. The second kappa shape index (κ2) is 6.70. The molecular weight excluding hydrogens is 241 g/mol. The lowest BCUT2D eigenvalue weighted by Gasteiger charge is -2.08. The number of carboxylic acid groups (broad SMARTS) is 1. The maximum atomic E-state index is 13.0. The molecule has 2 N–H and O–H groups in total. The predicted molar refractivity (Wildman–Crippen MR) is 63.1 cm³/mol. The van der Waals surface area contributed by atoms with Crippen LogP contribution in [0.25, 0.3) is 0 Å². The Hall–Kier alpha value is -1.95. The van der Waals surface area contributed by atoms with E-state index in [1.54, 1.807) is 0 Å². The van der Waals surface area contributed by atoms with E-state index in [1.807, 2.05) is 0 Å². The van der Waals surface area contributed by atoms with E-state index in [1.165, 1.54) is 7.11 Å². The molecule has 0 heterocycles. The van der Waals surface area contributed by atoms with Gasteiger partial charge in [0, 0.05) is 20.1 Å². The van der Waals surface area contributed by atoms with Crippen LogP contribution in [0.2, 0.25) is 0 Å². The van der Waals surface area contributed by atoms with Gasteiger partial charge in [-0.3, -0.25) is 4.79 Å². The molecule has 1 aromatic carbocycles. The third kappa shape index (κ3) is 4.14. The number of amides is 1. The fourth-order valence-corrected chi connectivity index (χ4v) is 1.40. The molecule has 0 aliphatic heterocycles. The van der Waals surface area contributed by atoms with Gasteiger partial charge in [0.15, 0.2) is 0 Å². The number of hydrogen-bond acceptors (Lipinski definition) is 3. The predicted octanol–water partition coefficient (Wildman–Crippen LogP) is 1.89. The molecule has 1 amide bonds. The van der Waals surface area contributed by atoms with Crippen LogP contribution in [0.3, 0.4) is 0 Å². The van der Waals surface area contributed by atoms with Crippen LogP contribution >= 0.6 is 0 Å². The highest BCUT2D eigenvalue weighted by molar-refractivity contribution is 6.00. The number of benzene rings is 1. The maximum absolute atomic E-state index is 13.0. The number of halogens is 1. The topological polar surface area (TPSA) is 75.6 Å². The van der Waals surface area contributed by atoms with Crippen LogP contribution in [-0.4, -0.2) is 30.7 Å². The number of rotatable bonds is 6. The summed E-state index contributed by atoms with van der Waals surface area (Å²) in [4.78, 5) is 22.4. The molecule has 0 saturated carbocycles. The molecular formula is C12H14FNO4. The summed E-state index contributed by atoms with van der Waals surface area (Å²) in [6, 6.07) is 3.13. The first-order valence-electron chi connectivity index (χ1n) is 5.36. The van der Waals surface area contributed by atoms with Crippen LogP contribution in [0.4, 0.5) is 10.1 Å². The lowest BCUT2D eigenvalue weighted by Crippen LogP contribution is -2.15. The third-order valence-corrected chi connectivity index (χ3v) is 2.24. The smallest absolute Gasteiger partial charge is 0.337 e. The van der Waals surface area contributed by atoms with E-state index in [2.05, 4.69) is 5.32 Å². The molecule has 0 aliphatic carbocycles. The van der Waals surface area contributed by atoms with E-state index >= 15 is 0 Å². The maximum Gasteiger partial charge on any atom is 0.337 e. The number of nitrogens with one attached hydrogen (secondary N) is 1. The zero-order chi connectivity index (χ0) is 13.5. The van der Waals surface area contributed by atoms with Crippen molar-refractivity contribution in [1.82, 2.24) is 0 Å². The molecule has 0 unspecified atom stereocenters. The third-order valence-electron chi connectivity index (χ3n) is 2.24. The molecule has 1 aromatic rings. The van der Waals surface area contributed by atoms with Crippen molar-refractivity contribution in [2.75, 3.05) is 19.0 Å². The normalized spacial score (nSPS) is 10.1. The molecule has 5 nitrogen and oxygen atoms in total. The van der Waals surface area contributed by atoms with E-state index in [-0.39, 0.29) is 23.6 Å². The number of ether oxygens (including phenoxy) is 1. The van der Waals surface area contributed by atoms with Crippen LogP contribution in [-0.2, 0) is 9.53 Å². The first-order chi connectivity index (χ1) is 8.54. The summed E-state index contributed by atoms with van der Waals surface area (Å²) >= 11 is 0. The van der Waals surface area contributed by atoms with Crippen LogP contribution < -0.4 is 5.32 Å². The average Bonchev–Trinajstić information content (AvgIpc) is 2.29. The summed E-state index contributed by atoms with van der Waals surface area (Å²) in [5.41, 5.74) is -0.179. The lowest BCUT2D eigenvalue weighted by molar-refractivity contribution is -0.116. The highest BCUT2D eigenvalue weighted by Gasteiger charge is 2.13. The molecule has 18 heavy (non-hydrogen) atoms. The molecule has 1 rings (SSSR count). The molecule has 6 heteroatoms. The monoisotopic (exact) mass is 255 g/mol. The Bertz CT molecular complexity index is 448. The Kier molecular flexibility index (Phi) is 5.26. The van der Waals surface area contributed by atoms with Crippen molar-refractivity contribution in [1.29, 1.82) is 0 Å². The number of anilines is 1. The summed E-state index contributed by atoms with van der Waals surface area (Å²) < 4.78 is 17.8. The van der Waals surface area contributed by atoms with Gasteiger partial charge >= 0.3 is 5.97 Å². The van der Waals surface area contributed by atoms with Gasteiger partial charge in [-0.1, -0.05) is 0 Å². The Balaban J connectivity index is 2.73. The van der Waals surface area contributed by atoms with Gasteiger partial charge in [0.05, 0.1) is 11.3 Å². The van der Waals surface area contributed by atoms with E-state index in [4.69, 9.17) is 9.84 Å². The first-order valence-corrected chi connectivity index (χ1v) is 5.36. The number of carbonyl (C=O) groups excluding carboxylic acids is 1. The van der Waals surface area contributed by atoms with Crippen LogP contribution in [0.5, 0.6) is 0 Å². The fraction of sp³-hybridized carbons (Fsp3) is 0.333. The standard InChI is InChI=1S/C12H14FNO4/c1-18-6-2-3-11(15)14-10-7-8(13)4-5-9(10)12(16)17/h4-5,7H,2-3,6H2,1H3,(H,14,15)(H,16,17). The number of carbonyl (C=O) groups is 2. The van der Waals surface area contributed by atoms with E-state index in [0.29, 0.717) is 13.0 Å². The van der Waals surface area contributed by atoms with Gasteiger partial charge in [-0.05, 0) is 24.6 Å². The number of carboxylic acids is 1.